The van der Waals surface area contributed by atoms with Crippen molar-refractivity contribution < 1.29 is 5.11 Å². The quantitative estimate of drug-likeness (QED) is 0.151. The number of phenols is 1. The van der Waals surface area contributed by atoms with Crippen LogP contribution < -0.4 is 16.7 Å². The highest BCUT2D eigenvalue weighted by Gasteiger charge is 2.16. The number of rotatable bonds is 10. The minimum Gasteiger partial charge on any atom is -0.507 e. The zero-order valence-corrected chi connectivity index (χ0v) is 49.1. The molecule has 3 heterocycles. The Kier molecular flexibility index (Phi) is 25.4. The van der Waals surface area contributed by atoms with Gasteiger partial charge in [0.1, 0.15) is 5.75 Å². The van der Waals surface area contributed by atoms with Gasteiger partial charge in [-0.05, 0) is 172 Å². The molecule has 0 unspecified atom stereocenters. The summed E-state index contributed by atoms with van der Waals surface area (Å²) in [6.45, 7) is 52.5. The third kappa shape index (κ3) is 16.9. The number of nitrogens with zero attached hydrogens (tertiary/aromatic N) is 3. The van der Waals surface area contributed by atoms with Gasteiger partial charge < -0.3 is 18.8 Å². The number of aromatic hydroxyl groups is 1. The molecule has 70 heavy (non-hydrogen) atoms. The lowest BCUT2D eigenvalue weighted by Crippen LogP contribution is -2.27. The minimum absolute atomic E-state index is 0.145. The SMILES string of the molecule is CC(C)c1ccc(C(C)C)n(C)c1=O.Cc1c(C(C)C)cc(C)n(C(C)C)c1=O.Cc1c(C(C)C)ccc(C(C)C)c1O.Cc1c(C(C)C)cccc1C(C)C.Cc1c(C(C)C)ccn(C(C)C)c1=O. The van der Waals surface area contributed by atoms with E-state index in [-0.39, 0.29) is 28.8 Å². The third-order valence-electron chi connectivity index (χ3n) is 13.4. The molecule has 7 nitrogen and oxygen atoms in total. The van der Waals surface area contributed by atoms with E-state index in [1.165, 1.54) is 27.8 Å². The molecule has 0 saturated heterocycles. The highest BCUT2D eigenvalue weighted by atomic mass is 16.3. The number of benzene rings is 2. The number of pyridine rings is 3. The molecule has 0 aliphatic carbocycles. The summed E-state index contributed by atoms with van der Waals surface area (Å²) in [6, 6.07) is 19.5. The number of aromatic nitrogens is 3. The van der Waals surface area contributed by atoms with Gasteiger partial charge in [0.15, 0.2) is 0 Å². The second kappa shape index (κ2) is 28.2. The van der Waals surface area contributed by atoms with E-state index >= 15 is 0 Å². The van der Waals surface area contributed by atoms with Gasteiger partial charge in [-0.1, -0.05) is 147 Å². The van der Waals surface area contributed by atoms with Crippen LogP contribution in [0.3, 0.4) is 0 Å². The normalized spacial score (nSPS) is 11.4. The molecule has 1 N–H and O–H groups in total. The Balaban J connectivity index is 0.000000438. The van der Waals surface area contributed by atoms with E-state index in [4.69, 9.17) is 0 Å². The molecule has 7 heteroatoms. The maximum atomic E-state index is 12.1. The lowest BCUT2D eigenvalue weighted by molar-refractivity contribution is 0.459. The number of aryl methyl sites for hydroxylation is 1. The van der Waals surface area contributed by atoms with Crippen LogP contribution in [0.4, 0.5) is 0 Å². The van der Waals surface area contributed by atoms with Crippen molar-refractivity contribution in [1.82, 2.24) is 13.7 Å². The average Bonchev–Trinajstić information content (AvgIpc) is 3.24. The van der Waals surface area contributed by atoms with Gasteiger partial charge in [0.05, 0.1) is 0 Å². The number of hydrogen-bond acceptors (Lipinski definition) is 4. The van der Waals surface area contributed by atoms with E-state index in [2.05, 4.69) is 146 Å². The Bertz CT molecular complexity index is 2470. The predicted molar refractivity (Wildman–Crippen MR) is 305 cm³/mol. The van der Waals surface area contributed by atoms with Crippen molar-refractivity contribution in [2.75, 3.05) is 0 Å². The summed E-state index contributed by atoms with van der Waals surface area (Å²) in [5.74, 6) is 4.15. The number of phenolic OH excluding ortho intramolecular Hbond substituents is 1. The summed E-state index contributed by atoms with van der Waals surface area (Å²) in [6.07, 6.45) is 1.90. The molecular formula is C63H99N3O4. The zero-order chi connectivity index (χ0) is 54.4. The van der Waals surface area contributed by atoms with Crippen LogP contribution in [0.25, 0.3) is 0 Å². The van der Waals surface area contributed by atoms with Crippen molar-refractivity contribution in [2.45, 2.75) is 233 Å². The average molecular weight is 963 g/mol. The molecule has 5 rings (SSSR count). The monoisotopic (exact) mass is 962 g/mol. The highest BCUT2D eigenvalue weighted by molar-refractivity contribution is 5.47. The maximum Gasteiger partial charge on any atom is 0.254 e. The summed E-state index contributed by atoms with van der Waals surface area (Å²) in [7, 11) is 1.85. The molecule has 0 radical (unpaired) electrons. The van der Waals surface area contributed by atoms with Crippen molar-refractivity contribution in [1.29, 1.82) is 0 Å². The molecular weight excluding hydrogens is 863 g/mol. The van der Waals surface area contributed by atoms with Gasteiger partial charge in [0, 0.05) is 53.4 Å². The van der Waals surface area contributed by atoms with E-state index in [1.807, 2.05) is 99.2 Å². The number of hydrogen-bond donors (Lipinski definition) is 1. The molecule has 0 bridgehead atoms. The molecule has 390 valence electrons. The van der Waals surface area contributed by atoms with Gasteiger partial charge in [-0.25, -0.2) is 0 Å². The fourth-order valence-electron chi connectivity index (χ4n) is 9.25. The van der Waals surface area contributed by atoms with E-state index in [0.29, 0.717) is 53.1 Å². The van der Waals surface area contributed by atoms with Gasteiger partial charge in [0.25, 0.3) is 16.7 Å². The Hall–Kier alpha value is -4.91. The molecule has 0 fully saturated rings. The van der Waals surface area contributed by atoms with Crippen molar-refractivity contribution in [3.8, 4) is 5.75 Å². The summed E-state index contributed by atoms with van der Waals surface area (Å²) in [5, 5.41) is 10.00. The zero-order valence-electron chi connectivity index (χ0n) is 49.1. The predicted octanol–water partition coefficient (Wildman–Crippen LogP) is 16.9. The molecule has 0 spiro atoms. The van der Waals surface area contributed by atoms with Gasteiger partial charge in [-0.2, -0.15) is 0 Å². The first-order valence-corrected chi connectivity index (χ1v) is 26.3. The summed E-state index contributed by atoms with van der Waals surface area (Å²) >= 11 is 0. The first-order valence-electron chi connectivity index (χ1n) is 26.3. The maximum absolute atomic E-state index is 12.1. The molecule has 0 aliphatic heterocycles. The smallest absolute Gasteiger partial charge is 0.254 e. The van der Waals surface area contributed by atoms with Crippen LogP contribution in [-0.4, -0.2) is 18.8 Å². The van der Waals surface area contributed by atoms with Crippen molar-refractivity contribution in [3.05, 3.63) is 164 Å². The van der Waals surface area contributed by atoms with Crippen LogP contribution in [-0.2, 0) is 7.05 Å². The topological polar surface area (TPSA) is 86.2 Å². The first-order chi connectivity index (χ1) is 32.2. The highest BCUT2D eigenvalue weighted by Crippen LogP contribution is 2.33. The van der Waals surface area contributed by atoms with E-state index in [0.717, 1.165) is 44.8 Å². The first kappa shape index (κ1) is 63.1. The van der Waals surface area contributed by atoms with Crippen LogP contribution in [0.15, 0.2) is 75.2 Å². The van der Waals surface area contributed by atoms with Crippen molar-refractivity contribution >= 4 is 0 Å². The van der Waals surface area contributed by atoms with Crippen molar-refractivity contribution in [3.63, 3.8) is 0 Å². The fourth-order valence-corrected chi connectivity index (χ4v) is 9.25. The molecule has 0 amide bonds. The van der Waals surface area contributed by atoms with E-state index in [9.17, 15) is 19.5 Å². The Labute approximate surface area is 426 Å². The molecule has 3 aromatic heterocycles. The largest absolute Gasteiger partial charge is 0.507 e. The lowest BCUT2D eigenvalue weighted by atomic mass is 9.90. The summed E-state index contributed by atoms with van der Waals surface area (Å²) < 4.78 is 5.41. The minimum atomic E-state index is 0.145. The molecule has 0 aliphatic rings. The van der Waals surface area contributed by atoms with Crippen LogP contribution >= 0.6 is 0 Å². The van der Waals surface area contributed by atoms with Crippen molar-refractivity contribution in [2.24, 2.45) is 7.05 Å². The fraction of sp³-hybridized carbons (Fsp3) is 0.571. The van der Waals surface area contributed by atoms with Gasteiger partial charge in [-0.15, -0.1) is 0 Å². The molecule has 0 atom stereocenters. The molecule has 5 aromatic rings. The van der Waals surface area contributed by atoms with Crippen LogP contribution in [0.1, 0.15) is 270 Å². The second-order valence-corrected chi connectivity index (χ2v) is 22.4. The van der Waals surface area contributed by atoms with Gasteiger partial charge in [0.2, 0.25) is 0 Å². The van der Waals surface area contributed by atoms with Gasteiger partial charge >= 0.3 is 0 Å². The third-order valence-corrected chi connectivity index (χ3v) is 13.4. The summed E-state index contributed by atoms with van der Waals surface area (Å²) in [4.78, 5) is 35.9. The van der Waals surface area contributed by atoms with E-state index < -0.39 is 0 Å². The lowest BCUT2D eigenvalue weighted by Gasteiger charge is -2.18. The molecule has 2 aromatic carbocycles. The van der Waals surface area contributed by atoms with E-state index in [1.54, 1.807) is 9.13 Å². The molecule has 0 saturated carbocycles. The standard InChI is InChI=1S/C13H21NO.C13H20O.C13H20.2C12H19NO/c1-8(2)12-7-10(5)14(9(3)4)13(15)11(12)6;1-8(2)11-6-7-12(9(3)4)13(14)10(11)5;1-9(2)12-7-6-8-13(10(3)4)11(12)5;1-8(2)10-6-7-11(9(3)4)13(5)12(10)14;1-8(2)11-6-7-13(9(3)4)12(14)10(11)5/h7-9H,1-6H3;6-9,14H,1-5H3;6-10H,1-5H3;2*6-9H,1-5H3. The van der Waals surface area contributed by atoms with Crippen LogP contribution in [0, 0.1) is 34.6 Å². The van der Waals surface area contributed by atoms with Crippen LogP contribution in [0.5, 0.6) is 5.75 Å². The second-order valence-electron chi connectivity index (χ2n) is 22.4. The Morgan fingerprint density at radius 1 is 0.386 bits per heavy atom. The van der Waals surface area contributed by atoms with Crippen LogP contribution in [0.2, 0.25) is 0 Å². The Morgan fingerprint density at radius 3 is 1.17 bits per heavy atom. The Morgan fingerprint density at radius 2 is 0.771 bits per heavy atom. The summed E-state index contributed by atoms with van der Waals surface area (Å²) in [5.41, 5.74) is 15.4. The van der Waals surface area contributed by atoms with Gasteiger partial charge in [-0.3, -0.25) is 14.4 Å².